The number of piperidine rings is 1. The predicted octanol–water partition coefficient (Wildman–Crippen LogP) is 3.11. The molecule has 0 spiro atoms. The number of hydrogen-bond donors (Lipinski definition) is 0. The molecule has 0 bridgehead atoms. The third-order valence-corrected chi connectivity index (χ3v) is 3.72. The van der Waals surface area contributed by atoms with Gasteiger partial charge in [-0.05, 0) is 30.4 Å². The highest BCUT2D eigenvalue weighted by Crippen LogP contribution is 2.22. The number of carbonyl (C=O) groups is 1. The van der Waals surface area contributed by atoms with Gasteiger partial charge in [0.15, 0.2) is 0 Å². The number of para-hydroxylation sites is 1. The second-order valence-electron chi connectivity index (χ2n) is 5.84. The Kier molecular flexibility index (Phi) is 4.73. The molecule has 1 aliphatic heterocycles. The summed E-state index contributed by atoms with van der Waals surface area (Å²) < 4.78 is 0. The Morgan fingerprint density at radius 2 is 1.90 bits per heavy atom. The van der Waals surface area contributed by atoms with Gasteiger partial charge in [-0.2, -0.15) is 0 Å². The molecule has 2 rings (SSSR count). The lowest BCUT2D eigenvalue weighted by molar-refractivity contribution is -0.385. The summed E-state index contributed by atoms with van der Waals surface area (Å²) in [6.45, 7) is 5.79. The summed E-state index contributed by atoms with van der Waals surface area (Å²) in [5.74, 6) is 0.917. The van der Waals surface area contributed by atoms with E-state index < -0.39 is 4.92 Å². The molecule has 0 radical (unpaired) electrons. The van der Waals surface area contributed by atoms with Crippen LogP contribution in [0, 0.1) is 22.0 Å². The van der Waals surface area contributed by atoms with Gasteiger partial charge in [0, 0.05) is 25.2 Å². The topological polar surface area (TPSA) is 63.5 Å². The van der Waals surface area contributed by atoms with Crippen LogP contribution in [0.4, 0.5) is 5.69 Å². The van der Waals surface area contributed by atoms with E-state index in [0.29, 0.717) is 17.4 Å². The maximum absolute atomic E-state index is 12.2. The van der Waals surface area contributed by atoms with Gasteiger partial charge in [-0.15, -0.1) is 0 Å². The van der Waals surface area contributed by atoms with Gasteiger partial charge in [-0.25, -0.2) is 0 Å². The van der Waals surface area contributed by atoms with Crippen molar-refractivity contribution in [3.05, 3.63) is 46.0 Å². The molecule has 5 heteroatoms. The predicted molar refractivity (Wildman–Crippen MR) is 81.7 cm³/mol. The van der Waals surface area contributed by atoms with Crippen LogP contribution in [0.25, 0.3) is 6.08 Å². The lowest BCUT2D eigenvalue weighted by Gasteiger charge is -2.34. The van der Waals surface area contributed by atoms with Crippen LogP contribution >= 0.6 is 0 Å². The average molecular weight is 288 g/mol. The number of carbonyl (C=O) groups excluding carboxylic acids is 1. The van der Waals surface area contributed by atoms with E-state index in [0.717, 1.165) is 19.5 Å². The van der Waals surface area contributed by atoms with Crippen LogP contribution in [-0.2, 0) is 4.79 Å². The van der Waals surface area contributed by atoms with E-state index in [1.807, 2.05) is 4.90 Å². The van der Waals surface area contributed by atoms with E-state index in [1.54, 1.807) is 18.2 Å². The van der Waals surface area contributed by atoms with E-state index in [4.69, 9.17) is 0 Å². The molecule has 1 fully saturated rings. The van der Waals surface area contributed by atoms with Crippen molar-refractivity contribution in [2.24, 2.45) is 11.8 Å². The summed E-state index contributed by atoms with van der Waals surface area (Å²) in [6.07, 6.45) is 4.11. The number of nitro groups is 1. The molecule has 5 nitrogen and oxygen atoms in total. The van der Waals surface area contributed by atoms with E-state index >= 15 is 0 Å². The Hall–Kier alpha value is -2.17. The van der Waals surface area contributed by atoms with Crippen molar-refractivity contribution >= 4 is 17.7 Å². The molecule has 0 aromatic heterocycles. The van der Waals surface area contributed by atoms with E-state index in [-0.39, 0.29) is 11.6 Å². The Morgan fingerprint density at radius 3 is 2.52 bits per heavy atom. The summed E-state index contributed by atoms with van der Waals surface area (Å²) in [5, 5.41) is 10.9. The van der Waals surface area contributed by atoms with Crippen molar-refractivity contribution in [2.75, 3.05) is 13.1 Å². The number of benzene rings is 1. The summed E-state index contributed by atoms with van der Waals surface area (Å²) in [6, 6.07) is 6.42. The van der Waals surface area contributed by atoms with Gasteiger partial charge in [0.1, 0.15) is 0 Å². The molecule has 0 unspecified atom stereocenters. The highest BCUT2D eigenvalue weighted by atomic mass is 16.6. The van der Waals surface area contributed by atoms with Gasteiger partial charge in [0.2, 0.25) is 5.91 Å². The van der Waals surface area contributed by atoms with Crippen LogP contribution in [0.15, 0.2) is 30.3 Å². The fourth-order valence-corrected chi connectivity index (χ4v) is 2.90. The third kappa shape index (κ3) is 3.90. The molecule has 1 aromatic carbocycles. The minimum atomic E-state index is -0.435. The van der Waals surface area contributed by atoms with Crippen LogP contribution < -0.4 is 0 Å². The SMILES string of the molecule is C[C@@H]1C[C@@H](C)CN(C(=O)/C=C/c2ccccc2[N+](=O)[O-])C1. The smallest absolute Gasteiger partial charge is 0.276 e. The molecular formula is C16H20N2O3. The lowest BCUT2D eigenvalue weighted by Crippen LogP contribution is -2.41. The largest absolute Gasteiger partial charge is 0.339 e. The minimum absolute atomic E-state index is 0.0157. The third-order valence-electron chi connectivity index (χ3n) is 3.72. The first-order valence-corrected chi connectivity index (χ1v) is 7.17. The molecule has 2 atom stereocenters. The molecule has 0 N–H and O–H groups in total. The molecule has 112 valence electrons. The molecule has 21 heavy (non-hydrogen) atoms. The average Bonchev–Trinajstić information content (AvgIpc) is 2.43. The summed E-state index contributed by atoms with van der Waals surface area (Å²) in [4.78, 5) is 24.5. The van der Waals surface area contributed by atoms with Gasteiger partial charge in [0.25, 0.3) is 5.69 Å². The number of hydrogen-bond acceptors (Lipinski definition) is 3. The first-order chi connectivity index (χ1) is 9.97. The van der Waals surface area contributed by atoms with Crippen molar-refractivity contribution < 1.29 is 9.72 Å². The number of rotatable bonds is 3. The van der Waals surface area contributed by atoms with E-state index in [2.05, 4.69) is 13.8 Å². The van der Waals surface area contributed by atoms with Gasteiger partial charge in [-0.3, -0.25) is 14.9 Å². The summed E-state index contributed by atoms with van der Waals surface area (Å²) in [7, 11) is 0. The fourth-order valence-electron chi connectivity index (χ4n) is 2.90. The van der Waals surface area contributed by atoms with Crippen LogP contribution in [0.5, 0.6) is 0 Å². The second-order valence-corrected chi connectivity index (χ2v) is 5.84. The maximum Gasteiger partial charge on any atom is 0.276 e. The Morgan fingerprint density at radius 1 is 1.29 bits per heavy atom. The molecule has 1 amide bonds. The van der Waals surface area contributed by atoms with Crippen LogP contribution in [0.2, 0.25) is 0 Å². The molecular weight excluding hydrogens is 268 g/mol. The van der Waals surface area contributed by atoms with Gasteiger partial charge in [-0.1, -0.05) is 26.0 Å². The zero-order valence-electron chi connectivity index (χ0n) is 12.4. The van der Waals surface area contributed by atoms with Crippen LogP contribution in [0.3, 0.4) is 0 Å². The van der Waals surface area contributed by atoms with Gasteiger partial charge < -0.3 is 4.90 Å². The quantitative estimate of drug-likeness (QED) is 0.487. The summed E-state index contributed by atoms with van der Waals surface area (Å²) >= 11 is 0. The maximum atomic E-state index is 12.2. The highest BCUT2D eigenvalue weighted by Gasteiger charge is 2.24. The van der Waals surface area contributed by atoms with Crippen LogP contribution in [0.1, 0.15) is 25.8 Å². The fraction of sp³-hybridized carbons (Fsp3) is 0.438. The first-order valence-electron chi connectivity index (χ1n) is 7.17. The molecule has 0 saturated carbocycles. The minimum Gasteiger partial charge on any atom is -0.339 e. The molecule has 1 aromatic rings. The Labute approximate surface area is 124 Å². The molecule has 1 heterocycles. The normalized spacial score (nSPS) is 22.5. The van der Waals surface area contributed by atoms with Crippen molar-refractivity contribution in [2.45, 2.75) is 20.3 Å². The molecule has 1 aliphatic rings. The Balaban J connectivity index is 2.10. The van der Waals surface area contributed by atoms with Crippen molar-refractivity contribution in [3.63, 3.8) is 0 Å². The second kappa shape index (κ2) is 6.52. The zero-order valence-corrected chi connectivity index (χ0v) is 12.4. The number of nitro benzene ring substituents is 1. The van der Waals surface area contributed by atoms with E-state index in [1.165, 1.54) is 18.2 Å². The van der Waals surface area contributed by atoms with Crippen LogP contribution in [-0.4, -0.2) is 28.8 Å². The van der Waals surface area contributed by atoms with Crippen molar-refractivity contribution in [1.29, 1.82) is 0 Å². The van der Waals surface area contributed by atoms with Gasteiger partial charge in [0.05, 0.1) is 10.5 Å². The number of nitrogens with zero attached hydrogens (tertiary/aromatic N) is 2. The lowest BCUT2D eigenvalue weighted by atomic mass is 9.92. The first kappa shape index (κ1) is 15.2. The summed E-state index contributed by atoms with van der Waals surface area (Å²) in [5.41, 5.74) is 0.468. The molecule has 1 saturated heterocycles. The van der Waals surface area contributed by atoms with E-state index in [9.17, 15) is 14.9 Å². The van der Waals surface area contributed by atoms with Crippen molar-refractivity contribution in [1.82, 2.24) is 4.90 Å². The highest BCUT2D eigenvalue weighted by molar-refractivity contribution is 5.92. The van der Waals surface area contributed by atoms with Gasteiger partial charge >= 0.3 is 0 Å². The number of amides is 1. The number of likely N-dealkylation sites (tertiary alicyclic amines) is 1. The monoisotopic (exact) mass is 288 g/mol. The zero-order chi connectivity index (χ0) is 15.4. The molecule has 0 aliphatic carbocycles. The van der Waals surface area contributed by atoms with Crippen molar-refractivity contribution in [3.8, 4) is 0 Å². The standard InChI is InChI=1S/C16H20N2O3/c1-12-9-13(2)11-17(10-12)16(19)8-7-14-5-3-4-6-15(14)18(20)21/h3-8,12-13H,9-11H2,1-2H3/b8-7+/t12-,13-/m1/s1. The Bertz CT molecular complexity index is 558.